The van der Waals surface area contributed by atoms with Gasteiger partial charge in [-0.05, 0) is 0 Å². The van der Waals surface area contributed by atoms with E-state index < -0.39 is 19.9 Å². The number of imidazole rings is 1. The second-order valence-corrected chi connectivity index (χ2v) is 7.33. The molecule has 0 fully saturated rings. The molecule has 0 bridgehead atoms. The van der Waals surface area contributed by atoms with E-state index >= 15 is 0 Å². The lowest BCUT2D eigenvalue weighted by atomic mass is 10.4. The van der Waals surface area contributed by atoms with Crippen LogP contribution in [0.4, 0.5) is 5.82 Å². The Morgan fingerprint density at radius 1 is 1.28 bits per heavy atom. The van der Waals surface area contributed by atoms with E-state index in [1.807, 2.05) is 0 Å². The summed E-state index contributed by atoms with van der Waals surface area (Å²) in [5.74, 6) is -0.967. The van der Waals surface area contributed by atoms with Crippen molar-refractivity contribution in [3.05, 3.63) is 36.2 Å². The molecular formula is C15H18N5O8P. The molecule has 13 nitrogen and oxygen atoms in total. The lowest BCUT2D eigenvalue weighted by Crippen LogP contribution is -2.07. The third-order valence-corrected chi connectivity index (χ3v) is 4.65. The number of carbonyl (C=O) groups excluding carboxylic acids is 1. The van der Waals surface area contributed by atoms with Crippen molar-refractivity contribution in [1.82, 2.24) is 19.5 Å². The Morgan fingerprint density at radius 2 is 2.03 bits per heavy atom. The van der Waals surface area contributed by atoms with E-state index in [2.05, 4.69) is 15.0 Å². The normalized spacial score (nSPS) is 17.5. The number of rotatable bonds is 9. The number of nitrogens with two attached hydrogens (primary N) is 1. The summed E-state index contributed by atoms with van der Waals surface area (Å²) in [5.41, 5.74) is 6.69. The summed E-state index contributed by atoms with van der Waals surface area (Å²) >= 11 is 0. The Labute approximate surface area is 164 Å². The molecule has 1 aliphatic heterocycles. The molecule has 0 aliphatic carbocycles. The summed E-state index contributed by atoms with van der Waals surface area (Å²) in [6, 6.07) is 0. The quantitative estimate of drug-likeness (QED) is 0.246. The number of carbonyl (C=O) groups is 1. The van der Waals surface area contributed by atoms with Crippen LogP contribution in [0.5, 0.6) is 0 Å². The molecule has 3 rings (SSSR count). The number of anilines is 1. The summed E-state index contributed by atoms with van der Waals surface area (Å²) < 4.78 is 38.5. The van der Waals surface area contributed by atoms with E-state index in [1.54, 1.807) is 4.57 Å². The van der Waals surface area contributed by atoms with Crippen molar-refractivity contribution in [2.24, 2.45) is 0 Å². The lowest BCUT2D eigenvalue weighted by molar-refractivity contribution is -0.136. The molecule has 0 saturated heterocycles. The number of nitrogens with zero attached hydrogens (tertiary/aromatic N) is 4. The van der Waals surface area contributed by atoms with E-state index in [0.717, 1.165) is 6.26 Å². The molecular weight excluding hydrogens is 409 g/mol. The van der Waals surface area contributed by atoms with Crippen molar-refractivity contribution < 1.29 is 37.7 Å². The van der Waals surface area contributed by atoms with Crippen molar-refractivity contribution in [1.29, 1.82) is 0 Å². The maximum atomic E-state index is 12.1. The van der Waals surface area contributed by atoms with Gasteiger partial charge >= 0.3 is 13.6 Å². The zero-order chi connectivity index (χ0) is 21.0. The number of nitrogen functional groups attached to an aromatic ring is 1. The summed E-state index contributed by atoms with van der Waals surface area (Å²) in [5, 5.41) is 0. The van der Waals surface area contributed by atoms with Gasteiger partial charge in [-0.25, -0.2) is 24.3 Å². The highest BCUT2D eigenvalue weighted by molar-refractivity contribution is 7.52. The maximum Gasteiger partial charge on any atom is 0.401 e. The molecule has 3 heterocycles. The van der Waals surface area contributed by atoms with Gasteiger partial charge in [-0.2, -0.15) is 0 Å². The van der Waals surface area contributed by atoms with Crippen molar-refractivity contribution in [3.8, 4) is 0 Å². The molecule has 1 atom stereocenters. The van der Waals surface area contributed by atoms with Gasteiger partial charge in [-0.1, -0.05) is 0 Å². The number of fused-ring (bicyclic) bond motifs is 1. The SMILES string of the molecule is COC1=C(OC)/C(=C/OP(=O)(O)COCCn2cnc3c(N)ncnc32)OC1=O. The fourth-order valence-electron chi connectivity index (χ4n) is 2.41. The predicted octanol–water partition coefficient (Wildman–Crippen LogP) is 0.487. The molecule has 156 valence electrons. The second-order valence-electron chi connectivity index (χ2n) is 5.59. The van der Waals surface area contributed by atoms with Crippen LogP contribution in [-0.2, 0) is 39.4 Å². The van der Waals surface area contributed by atoms with E-state index in [0.29, 0.717) is 17.7 Å². The minimum Gasteiger partial charge on any atom is -0.489 e. The third-order valence-electron chi connectivity index (χ3n) is 3.71. The van der Waals surface area contributed by atoms with Crippen molar-refractivity contribution in [3.63, 3.8) is 0 Å². The first-order valence-corrected chi connectivity index (χ1v) is 9.87. The topological polar surface area (TPSA) is 170 Å². The van der Waals surface area contributed by atoms with Gasteiger partial charge < -0.3 is 38.7 Å². The number of aromatic nitrogens is 4. The Bertz CT molecular complexity index is 1030. The van der Waals surface area contributed by atoms with Crippen LogP contribution in [0.25, 0.3) is 11.2 Å². The second kappa shape index (κ2) is 8.47. The molecule has 3 N–H and O–H groups in total. The van der Waals surface area contributed by atoms with Crippen LogP contribution in [0.1, 0.15) is 0 Å². The minimum absolute atomic E-state index is 0.0494. The van der Waals surface area contributed by atoms with Gasteiger partial charge in [0.25, 0.3) is 5.76 Å². The summed E-state index contributed by atoms with van der Waals surface area (Å²) in [6.07, 6.45) is 3.03. The molecule has 29 heavy (non-hydrogen) atoms. The number of esters is 1. The average Bonchev–Trinajstić information content (AvgIpc) is 3.24. The molecule has 2 aromatic heterocycles. The standard InChI is InChI=1S/C15H18N5O8P/c1-24-11-9(28-15(21)12(11)25-2)5-27-29(22,23)8-26-4-3-20-7-19-10-13(16)17-6-18-14(10)20/h5-7H,3-4,8H2,1-2H3,(H,22,23)(H2,16,17,18)/b9-5-. The van der Waals surface area contributed by atoms with Gasteiger partial charge in [0.1, 0.15) is 18.1 Å². The molecule has 1 unspecified atom stereocenters. The van der Waals surface area contributed by atoms with Crippen LogP contribution in [0.2, 0.25) is 0 Å². The van der Waals surface area contributed by atoms with E-state index in [-0.39, 0.29) is 29.7 Å². The largest absolute Gasteiger partial charge is 0.489 e. The number of hydrogen-bond donors (Lipinski definition) is 2. The van der Waals surface area contributed by atoms with Gasteiger partial charge in [0, 0.05) is 6.54 Å². The smallest absolute Gasteiger partial charge is 0.401 e. The molecule has 14 heteroatoms. The molecule has 0 spiro atoms. The fraction of sp³-hybridized carbons (Fsp3) is 0.333. The fourth-order valence-corrected chi connectivity index (χ4v) is 3.09. The van der Waals surface area contributed by atoms with Gasteiger partial charge in [-0.3, -0.25) is 0 Å². The molecule has 0 amide bonds. The van der Waals surface area contributed by atoms with Crippen molar-refractivity contribution >= 4 is 30.5 Å². The van der Waals surface area contributed by atoms with Crippen LogP contribution in [0.15, 0.2) is 36.2 Å². The van der Waals surface area contributed by atoms with Crippen molar-refractivity contribution in [2.75, 3.05) is 32.9 Å². The highest BCUT2D eigenvalue weighted by Crippen LogP contribution is 2.43. The van der Waals surface area contributed by atoms with Crippen LogP contribution >= 0.6 is 7.60 Å². The van der Waals surface area contributed by atoms with Gasteiger partial charge in [-0.15, -0.1) is 0 Å². The first-order valence-electron chi connectivity index (χ1n) is 8.10. The molecule has 0 radical (unpaired) electrons. The van der Waals surface area contributed by atoms with E-state index in [1.165, 1.54) is 26.9 Å². The lowest BCUT2D eigenvalue weighted by Gasteiger charge is -2.12. The number of hydrogen-bond acceptors (Lipinski definition) is 11. The third kappa shape index (κ3) is 4.47. The average molecular weight is 427 g/mol. The molecule has 2 aromatic rings. The van der Waals surface area contributed by atoms with Gasteiger partial charge in [0.2, 0.25) is 11.5 Å². The summed E-state index contributed by atoms with van der Waals surface area (Å²) in [6.45, 7) is 0.380. The van der Waals surface area contributed by atoms with Gasteiger partial charge in [0.05, 0.1) is 27.2 Å². The monoisotopic (exact) mass is 427 g/mol. The first-order chi connectivity index (χ1) is 13.9. The summed E-state index contributed by atoms with van der Waals surface area (Å²) in [4.78, 5) is 33.5. The molecule has 1 aliphatic rings. The van der Waals surface area contributed by atoms with Crippen LogP contribution in [-0.4, -0.2) is 57.6 Å². The number of cyclic esters (lactones) is 1. The van der Waals surface area contributed by atoms with Gasteiger partial charge in [0.15, 0.2) is 17.8 Å². The Balaban J connectivity index is 1.54. The predicted molar refractivity (Wildman–Crippen MR) is 96.7 cm³/mol. The highest BCUT2D eigenvalue weighted by Gasteiger charge is 2.34. The van der Waals surface area contributed by atoms with Crippen LogP contribution < -0.4 is 5.73 Å². The van der Waals surface area contributed by atoms with Crippen LogP contribution in [0.3, 0.4) is 0 Å². The zero-order valence-corrected chi connectivity index (χ0v) is 16.4. The Kier molecular flexibility index (Phi) is 6.01. The first kappa shape index (κ1) is 20.6. The summed E-state index contributed by atoms with van der Waals surface area (Å²) in [7, 11) is -1.63. The molecule has 0 saturated carbocycles. The minimum atomic E-state index is -4.17. The Hall–Kier alpha value is -3.15. The zero-order valence-electron chi connectivity index (χ0n) is 15.5. The highest BCUT2D eigenvalue weighted by atomic mass is 31.2. The molecule has 0 aromatic carbocycles. The van der Waals surface area contributed by atoms with E-state index in [9.17, 15) is 14.3 Å². The number of methoxy groups -OCH3 is 2. The Morgan fingerprint density at radius 3 is 2.76 bits per heavy atom. The van der Waals surface area contributed by atoms with E-state index in [4.69, 9.17) is 29.2 Å². The number of ether oxygens (including phenoxy) is 4. The van der Waals surface area contributed by atoms with Crippen molar-refractivity contribution in [2.45, 2.75) is 6.54 Å². The maximum absolute atomic E-state index is 12.1. The van der Waals surface area contributed by atoms with Crippen LogP contribution in [0, 0.1) is 0 Å².